The SMILES string of the molecule is CCCCCCCCCCCCCCCCCCCCC(=O)O[C@H](COC(=O)CCCCCCCCCCCCCCCCCCC)COP(=O)(O)OC[C@@H](O)COP(=O)(O)OC[C@@H](COC(=O)CCCCCCCCC(C)C)OC(=O)CCCCCCCCCCCCCCCCCCC. The minimum atomic E-state index is -4.96. The fraction of sp³-hybridized carbons (Fsp3) is 0.951. The maximum atomic E-state index is 13.1. The van der Waals surface area contributed by atoms with E-state index >= 15 is 0 Å². The Labute approximate surface area is 619 Å². The molecule has 0 amide bonds. The lowest BCUT2D eigenvalue weighted by Crippen LogP contribution is -2.30. The van der Waals surface area contributed by atoms with Gasteiger partial charge in [-0.2, -0.15) is 0 Å². The van der Waals surface area contributed by atoms with Crippen LogP contribution in [0.5, 0.6) is 0 Å². The number of phosphoric ester groups is 2. The van der Waals surface area contributed by atoms with Crippen molar-refractivity contribution in [2.75, 3.05) is 39.6 Å². The van der Waals surface area contributed by atoms with Crippen LogP contribution in [-0.2, 0) is 65.4 Å². The molecule has 17 nitrogen and oxygen atoms in total. The van der Waals surface area contributed by atoms with Gasteiger partial charge in [0.1, 0.15) is 19.3 Å². The van der Waals surface area contributed by atoms with E-state index in [4.69, 9.17) is 37.0 Å². The normalized spacial score (nSPS) is 13.8. The number of esters is 4. The molecule has 0 heterocycles. The molecule has 19 heteroatoms. The maximum absolute atomic E-state index is 13.1. The average molecular weight is 1480 g/mol. The average Bonchev–Trinajstić information content (AvgIpc) is 0.946. The highest BCUT2D eigenvalue weighted by molar-refractivity contribution is 7.47. The number of hydrogen-bond acceptors (Lipinski definition) is 15. The first-order chi connectivity index (χ1) is 49.0. The predicted octanol–water partition coefficient (Wildman–Crippen LogP) is 24.8. The van der Waals surface area contributed by atoms with Gasteiger partial charge in [-0.25, -0.2) is 9.13 Å². The number of ether oxygens (including phenoxy) is 4. The molecule has 0 saturated heterocycles. The second-order valence-corrected chi connectivity index (χ2v) is 32.9. The van der Waals surface area contributed by atoms with Gasteiger partial charge in [0.2, 0.25) is 0 Å². The van der Waals surface area contributed by atoms with Gasteiger partial charge in [0, 0.05) is 25.7 Å². The molecule has 0 aromatic rings. The predicted molar refractivity (Wildman–Crippen MR) is 414 cm³/mol. The van der Waals surface area contributed by atoms with Crippen LogP contribution in [0.15, 0.2) is 0 Å². The van der Waals surface area contributed by atoms with Gasteiger partial charge in [0.15, 0.2) is 12.2 Å². The minimum absolute atomic E-state index is 0.108. The van der Waals surface area contributed by atoms with Crippen molar-refractivity contribution in [2.24, 2.45) is 5.92 Å². The smallest absolute Gasteiger partial charge is 0.462 e. The highest BCUT2D eigenvalue weighted by atomic mass is 31.2. The van der Waals surface area contributed by atoms with E-state index in [1.165, 1.54) is 257 Å². The number of phosphoric acid groups is 2. The van der Waals surface area contributed by atoms with Crippen molar-refractivity contribution >= 4 is 39.5 Å². The van der Waals surface area contributed by atoms with Crippen LogP contribution in [0.4, 0.5) is 0 Å². The first kappa shape index (κ1) is 99.1. The van der Waals surface area contributed by atoms with Crippen LogP contribution < -0.4 is 0 Å². The maximum Gasteiger partial charge on any atom is 0.472 e. The molecule has 0 saturated carbocycles. The highest BCUT2D eigenvalue weighted by Gasteiger charge is 2.30. The van der Waals surface area contributed by atoms with E-state index in [-0.39, 0.29) is 25.7 Å². The summed E-state index contributed by atoms with van der Waals surface area (Å²) in [5, 5.41) is 10.6. The lowest BCUT2D eigenvalue weighted by Gasteiger charge is -2.21. The van der Waals surface area contributed by atoms with Crippen LogP contribution >= 0.6 is 15.6 Å². The van der Waals surface area contributed by atoms with E-state index in [1.54, 1.807) is 0 Å². The summed E-state index contributed by atoms with van der Waals surface area (Å²) in [6.45, 7) is 7.26. The van der Waals surface area contributed by atoms with Crippen molar-refractivity contribution in [1.82, 2.24) is 0 Å². The fourth-order valence-corrected chi connectivity index (χ4v) is 14.3. The second-order valence-electron chi connectivity index (χ2n) is 30.0. The number of rotatable bonds is 82. The Kier molecular flexibility index (Phi) is 73.5. The van der Waals surface area contributed by atoms with Gasteiger partial charge in [-0.1, -0.05) is 388 Å². The van der Waals surface area contributed by atoms with E-state index in [2.05, 4.69) is 34.6 Å². The molecular formula is C82H160O17P2. The summed E-state index contributed by atoms with van der Waals surface area (Å²) < 4.78 is 68.7. The van der Waals surface area contributed by atoms with Crippen LogP contribution in [0.2, 0.25) is 0 Å². The van der Waals surface area contributed by atoms with Gasteiger partial charge in [-0.15, -0.1) is 0 Å². The molecule has 0 aliphatic heterocycles. The zero-order valence-electron chi connectivity index (χ0n) is 66.1. The minimum Gasteiger partial charge on any atom is -0.462 e. The molecule has 2 unspecified atom stereocenters. The number of hydrogen-bond donors (Lipinski definition) is 3. The third-order valence-electron chi connectivity index (χ3n) is 19.3. The molecule has 3 N–H and O–H groups in total. The van der Waals surface area contributed by atoms with Crippen molar-refractivity contribution in [3.05, 3.63) is 0 Å². The molecule has 0 aromatic carbocycles. The molecule has 0 fully saturated rings. The van der Waals surface area contributed by atoms with E-state index in [1.807, 2.05) is 0 Å². The Morgan fingerprint density at radius 1 is 0.267 bits per heavy atom. The first-order valence-corrected chi connectivity index (χ1v) is 45.6. The van der Waals surface area contributed by atoms with Gasteiger partial charge in [0.25, 0.3) is 0 Å². The van der Waals surface area contributed by atoms with Crippen molar-refractivity contribution in [3.8, 4) is 0 Å². The van der Waals surface area contributed by atoms with Crippen LogP contribution in [-0.4, -0.2) is 96.7 Å². The Morgan fingerprint density at radius 3 is 0.673 bits per heavy atom. The van der Waals surface area contributed by atoms with Crippen LogP contribution in [0, 0.1) is 5.92 Å². The van der Waals surface area contributed by atoms with Gasteiger partial charge >= 0.3 is 39.5 Å². The topological polar surface area (TPSA) is 237 Å². The van der Waals surface area contributed by atoms with Crippen molar-refractivity contribution in [1.29, 1.82) is 0 Å². The van der Waals surface area contributed by atoms with Crippen molar-refractivity contribution in [2.45, 2.75) is 457 Å². The quantitative estimate of drug-likeness (QED) is 0.0222. The summed E-state index contributed by atoms with van der Waals surface area (Å²) in [5.41, 5.74) is 0. The molecule has 600 valence electrons. The first-order valence-electron chi connectivity index (χ1n) is 42.6. The number of unbranched alkanes of at least 4 members (excludes halogenated alkanes) is 54. The van der Waals surface area contributed by atoms with Gasteiger partial charge in [0.05, 0.1) is 26.4 Å². The molecule has 0 spiro atoms. The highest BCUT2D eigenvalue weighted by Crippen LogP contribution is 2.45. The molecule has 0 bridgehead atoms. The monoisotopic (exact) mass is 1480 g/mol. The third kappa shape index (κ3) is 76.1. The van der Waals surface area contributed by atoms with E-state index in [9.17, 15) is 43.2 Å². The van der Waals surface area contributed by atoms with E-state index < -0.39 is 97.5 Å². The summed E-state index contributed by atoms with van der Waals surface area (Å²) >= 11 is 0. The number of carbonyl (C=O) groups is 4. The van der Waals surface area contributed by atoms with Crippen LogP contribution in [0.3, 0.4) is 0 Å². The molecular weight excluding hydrogens is 1320 g/mol. The van der Waals surface area contributed by atoms with E-state index in [0.717, 1.165) is 96.3 Å². The molecule has 0 radical (unpaired) electrons. The van der Waals surface area contributed by atoms with Gasteiger partial charge < -0.3 is 33.8 Å². The summed E-state index contributed by atoms with van der Waals surface area (Å²) in [6, 6.07) is 0. The van der Waals surface area contributed by atoms with Gasteiger partial charge in [-0.3, -0.25) is 37.3 Å². The Morgan fingerprint density at radius 2 is 0.455 bits per heavy atom. The van der Waals surface area contributed by atoms with E-state index in [0.29, 0.717) is 31.6 Å². The molecule has 0 aliphatic carbocycles. The second kappa shape index (κ2) is 74.9. The van der Waals surface area contributed by atoms with Crippen LogP contribution in [0.1, 0.15) is 439 Å². The summed E-state index contributed by atoms with van der Waals surface area (Å²) in [5.74, 6) is -1.43. The summed E-state index contributed by atoms with van der Waals surface area (Å²) in [7, 11) is -9.92. The summed E-state index contributed by atoms with van der Waals surface area (Å²) in [4.78, 5) is 73.0. The molecule has 101 heavy (non-hydrogen) atoms. The Bertz CT molecular complexity index is 1930. The zero-order chi connectivity index (χ0) is 74.1. The molecule has 5 atom stereocenters. The third-order valence-corrected chi connectivity index (χ3v) is 21.2. The largest absolute Gasteiger partial charge is 0.472 e. The summed E-state index contributed by atoms with van der Waals surface area (Å²) in [6.07, 6.45) is 66.8. The van der Waals surface area contributed by atoms with Gasteiger partial charge in [-0.05, 0) is 31.6 Å². The molecule has 0 aromatic heterocycles. The lowest BCUT2D eigenvalue weighted by molar-refractivity contribution is -0.161. The van der Waals surface area contributed by atoms with Crippen LogP contribution in [0.25, 0.3) is 0 Å². The number of aliphatic hydroxyl groups excluding tert-OH is 1. The zero-order valence-corrected chi connectivity index (χ0v) is 67.8. The standard InChI is InChI=1S/C82H160O17P2/c1-6-9-12-15-18-21-24-27-30-33-36-39-42-45-48-51-58-62-67-81(86)98-77(71-92-79(84)65-60-55-49-46-43-40-37-34-31-28-25-22-19-16-13-10-7-2)73-96-100(88,89)94-69-76(83)70-95-101(90,91)97-74-78(72-93-80(85)66-61-56-53-52-54-59-64-75(4)5)99-82(87)68-63-57-50-47-44-41-38-35-32-29-26-23-20-17-14-11-8-3/h75-78,83H,6-74H2,1-5H3,(H,88,89)(H,90,91)/t76-,77-,78-/m1/s1. The number of carbonyl (C=O) groups excluding carboxylic acids is 4. The fourth-order valence-electron chi connectivity index (χ4n) is 12.8. The Hall–Kier alpha value is -1.94. The molecule has 0 aliphatic rings. The lowest BCUT2D eigenvalue weighted by atomic mass is 10.0. The van der Waals surface area contributed by atoms with Crippen molar-refractivity contribution < 1.29 is 80.2 Å². The Balaban J connectivity index is 5.22. The van der Waals surface area contributed by atoms with Crippen molar-refractivity contribution in [3.63, 3.8) is 0 Å². The molecule has 0 rings (SSSR count). The number of aliphatic hydroxyl groups is 1.